The van der Waals surface area contributed by atoms with Gasteiger partial charge in [0.05, 0.1) is 12.6 Å². The number of carbonyl (C=O) groups is 2. The van der Waals surface area contributed by atoms with Crippen LogP contribution in [0.2, 0.25) is 0 Å². The monoisotopic (exact) mass is 567 g/mol. The molecule has 0 N–H and O–H groups in total. The van der Waals surface area contributed by atoms with Crippen molar-refractivity contribution >= 4 is 11.8 Å². The summed E-state index contributed by atoms with van der Waals surface area (Å²) in [5.41, 5.74) is 1.87. The van der Waals surface area contributed by atoms with Gasteiger partial charge >= 0.3 is 5.97 Å². The molecule has 4 saturated heterocycles. The molecule has 0 radical (unpaired) electrons. The van der Waals surface area contributed by atoms with Gasteiger partial charge in [0, 0.05) is 32.7 Å². The van der Waals surface area contributed by atoms with Crippen LogP contribution < -0.4 is 0 Å². The van der Waals surface area contributed by atoms with Crippen LogP contribution >= 0.6 is 0 Å². The number of rotatable bonds is 7. The Hall–Kier alpha value is -2.70. The maximum atomic E-state index is 14.3. The second kappa shape index (κ2) is 11.5. The van der Waals surface area contributed by atoms with Crippen molar-refractivity contribution in [1.82, 2.24) is 4.90 Å². The standard InChI is InChI=1S/C31H37NO9/c1-18(33)37-28(24-26-21(40-31(2,3)41-26)16-32(24)15-19-11-7-5-8-12-19)23-25(34)27-22(38-30(23)35-4)17-36-29(39-27)20-13-9-6-10-14-20/h5-14,21-24,26-30H,15-17H2,1-4H3/t21-,22+,23-,24-,26-,27+,28?,29+,30-/m0/s1. The van der Waals surface area contributed by atoms with Gasteiger partial charge in [-0.05, 0) is 19.4 Å². The van der Waals surface area contributed by atoms with Crippen molar-refractivity contribution in [2.24, 2.45) is 5.92 Å². The van der Waals surface area contributed by atoms with Crippen molar-refractivity contribution in [2.75, 3.05) is 20.3 Å². The molecule has 10 heteroatoms. The van der Waals surface area contributed by atoms with Crippen LogP contribution in [0.3, 0.4) is 0 Å². The van der Waals surface area contributed by atoms with Crippen LogP contribution in [0, 0.1) is 5.92 Å². The van der Waals surface area contributed by atoms with Crippen LogP contribution in [-0.4, -0.2) is 85.6 Å². The van der Waals surface area contributed by atoms with Crippen molar-refractivity contribution < 1.29 is 42.7 Å². The van der Waals surface area contributed by atoms with Crippen molar-refractivity contribution in [2.45, 2.75) is 82.2 Å². The summed E-state index contributed by atoms with van der Waals surface area (Å²) in [7, 11) is 1.48. The lowest BCUT2D eigenvalue weighted by molar-refractivity contribution is -0.315. The van der Waals surface area contributed by atoms with Gasteiger partial charge in [0.25, 0.3) is 0 Å². The first kappa shape index (κ1) is 28.4. The molecule has 2 aromatic rings. The first-order valence-corrected chi connectivity index (χ1v) is 14.1. The highest BCUT2D eigenvalue weighted by Gasteiger charge is 2.61. The van der Waals surface area contributed by atoms with E-state index in [1.807, 2.05) is 74.5 Å². The highest BCUT2D eigenvalue weighted by molar-refractivity contribution is 5.88. The van der Waals surface area contributed by atoms with Gasteiger partial charge in [-0.1, -0.05) is 60.7 Å². The first-order valence-electron chi connectivity index (χ1n) is 14.1. The summed E-state index contributed by atoms with van der Waals surface area (Å²) >= 11 is 0. The Labute approximate surface area is 239 Å². The molecule has 0 spiro atoms. The number of ketones is 1. The van der Waals surface area contributed by atoms with E-state index in [4.69, 9.17) is 33.2 Å². The minimum absolute atomic E-state index is 0.153. The number of nitrogens with zero attached hydrogens (tertiary/aromatic N) is 1. The predicted octanol–water partition coefficient (Wildman–Crippen LogP) is 2.99. The maximum Gasteiger partial charge on any atom is 0.302 e. The number of likely N-dealkylation sites (tertiary alicyclic amines) is 1. The van der Waals surface area contributed by atoms with E-state index in [1.54, 1.807) is 0 Å². The lowest BCUT2D eigenvalue weighted by Crippen LogP contribution is -2.64. The van der Waals surface area contributed by atoms with Gasteiger partial charge in [-0.3, -0.25) is 14.5 Å². The molecule has 4 aliphatic rings. The number of ether oxygens (including phenoxy) is 7. The third-order valence-electron chi connectivity index (χ3n) is 8.15. The number of hydrogen-bond acceptors (Lipinski definition) is 10. The second-order valence-electron chi connectivity index (χ2n) is 11.5. The maximum absolute atomic E-state index is 14.3. The van der Waals surface area contributed by atoms with Crippen molar-refractivity contribution in [3.63, 3.8) is 0 Å². The van der Waals surface area contributed by atoms with E-state index >= 15 is 0 Å². The fourth-order valence-electron chi connectivity index (χ4n) is 6.56. The third kappa shape index (κ3) is 5.70. The number of carbonyl (C=O) groups excluding carboxylic acids is 2. The number of methoxy groups -OCH3 is 1. The second-order valence-corrected chi connectivity index (χ2v) is 11.5. The Bertz CT molecular complexity index is 1220. The Kier molecular flexibility index (Phi) is 7.99. The lowest BCUT2D eigenvalue weighted by atomic mass is 9.83. The number of benzene rings is 2. The normalized spacial score (nSPS) is 35.5. The Morgan fingerprint density at radius 3 is 2.41 bits per heavy atom. The molecule has 0 aliphatic carbocycles. The lowest BCUT2D eigenvalue weighted by Gasteiger charge is -2.47. The van der Waals surface area contributed by atoms with Gasteiger partial charge in [0.2, 0.25) is 0 Å². The molecule has 9 atom stereocenters. The van der Waals surface area contributed by atoms with Gasteiger partial charge in [0.15, 0.2) is 24.2 Å². The summed E-state index contributed by atoms with van der Waals surface area (Å²) in [6.07, 6.45) is -4.98. The Morgan fingerprint density at radius 2 is 1.73 bits per heavy atom. The minimum Gasteiger partial charge on any atom is -0.460 e. The van der Waals surface area contributed by atoms with Gasteiger partial charge in [-0.25, -0.2) is 0 Å². The molecule has 10 nitrogen and oxygen atoms in total. The molecular formula is C31H37NO9. The minimum atomic E-state index is -0.985. The average molecular weight is 568 g/mol. The van der Waals surface area contributed by atoms with E-state index in [-0.39, 0.29) is 18.5 Å². The summed E-state index contributed by atoms with van der Waals surface area (Å²) in [5, 5.41) is 0. The molecule has 0 bridgehead atoms. The van der Waals surface area contributed by atoms with Crippen LogP contribution in [0.5, 0.6) is 0 Å². The first-order chi connectivity index (χ1) is 19.7. The molecule has 0 saturated carbocycles. The largest absolute Gasteiger partial charge is 0.460 e. The van der Waals surface area contributed by atoms with Crippen LogP contribution in [0.15, 0.2) is 60.7 Å². The summed E-state index contributed by atoms with van der Waals surface area (Å²) < 4.78 is 42.8. The van der Waals surface area contributed by atoms with Crippen LogP contribution in [0.25, 0.3) is 0 Å². The van der Waals surface area contributed by atoms with E-state index in [0.717, 1.165) is 11.1 Å². The summed E-state index contributed by atoms with van der Waals surface area (Å²) in [4.78, 5) is 29.1. The number of fused-ring (bicyclic) bond motifs is 2. The van der Waals surface area contributed by atoms with Gasteiger partial charge in [-0.15, -0.1) is 0 Å². The third-order valence-corrected chi connectivity index (χ3v) is 8.15. The molecule has 41 heavy (non-hydrogen) atoms. The Balaban J connectivity index is 1.34. The molecule has 220 valence electrons. The molecule has 4 fully saturated rings. The average Bonchev–Trinajstić information content (AvgIpc) is 3.43. The molecular weight excluding hydrogens is 530 g/mol. The Morgan fingerprint density at radius 1 is 1.02 bits per heavy atom. The molecule has 1 unspecified atom stereocenters. The predicted molar refractivity (Wildman–Crippen MR) is 144 cm³/mol. The zero-order valence-electron chi connectivity index (χ0n) is 23.7. The molecule has 0 aromatic heterocycles. The smallest absolute Gasteiger partial charge is 0.302 e. The molecule has 6 rings (SSSR count). The molecule has 4 aliphatic heterocycles. The summed E-state index contributed by atoms with van der Waals surface area (Å²) in [6, 6.07) is 18.9. The zero-order chi connectivity index (χ0) is 28.7. The SMILES string of the molecule is CO[C@H]1O[C@@H]2CO[C@@H](c3ccccc3)O[C@H]2C(=O)[C@H]1C(OC(C)=O)[C@@H]1[C@H]2OC(C)(C)O[C@H]2CN1Cc1ccccc1. The number of Topliss-reactive ketones (excluding diaryl/α,β-unsaturated/α-hetero) is 1. The van der Waals surface area contributed by atoms with Crippen molar-refractivity contribution in [1.29, 1.82) is 0 Å². The van der Waals surface area contributed by atoms with Crippen molar-refractivity contribution in [3.05, 3.63) is 71.8 Å². The van der Waals surface area contributed by atoms with E-state index < -0.39 is 60.7 Å². The fourth-order valence-corrected chi connectivity index (χ4v) is 6.56. The highest BCUT2D eigenvalue weighted by atomic mass is 16.8. The molecule has 4 heterocycles. The van der Waals surface area contributed by atoms with E-state index in [0.29, 0.717) is 13.1 Å². The van der Waals surface area contributed by atoms with Gasteiger partial charge in [0.1, 0.15) is 36.4 Å². The van der Waals surface area contributed by atoms with E-state index in [1.165, 1.54) is 14.0 Å². The molecule has 0 amide bonds. The van der Waals surface area contributed by atoms with Crippen LogP contribution in [0.4, 0.5) is 0 Å². The fraction of sp³-hybridized carbons (Fsp3) is 0.548. The quantitative estimate of drug-likeness (QED) is 0.464. The van der Waals surface area contributed by atoms with Crippen molar-refractivity contribution in [3.8, 4) is 0 Å². The summed E-state index contributed by atoms with van der Waals surface area (Å²) in [6.45, 7) is 6.31. The topological polar surface area (TPSA) is 102 Å². The number of hydrogen-bond donors (Lipinski definition) is 0. The molecule has 2 aromatic carbocycles. The zero-order valence-corrected chi connectivity index (χ0v) is 23.7. The number of esters is 1. The van der Waals surface area contributed by atoms with Crippen LogP contribution in [0.1, 0.15) is 38.2 Å². The van der Waals surface area contributed by atoms with E-state index in [9.17, 15) is 9.59 Å². The summed E-state index contributed by atoms with van der Waals surface area (Å²) in [5.74, 6) is -2.58. The van der Waals surface area contributed by atoms with Gasteiger partial charge in [-0.2, -0.15) is 0 Å². The van der Waals surface area contributed by atoms with Crippen LogP contribution in [-0.2, 0) is 49.3 Å². The highest BCUT2D eigenvalue weighted by Crippen LogP contribution is 2.43. The van der Waals surface area contributed by atoms with Gasteiger partial charge < -0.3 is 33.2 Å². The van der Waals surface area contributed by atoms with E-state index in [2.05, 4.69) is 4.90 Å².